The fraction of sp³-hybridized carbons (Fsp3) is 0.800. The van der Waals surface area contributed by atoms with Crippen LogP contribution in [0.1, 0.15) is 57.0 Å². The summed E-state index contributed by atoms with van der Waals surface area (Å²) in [5, 5.41) is 14.1. The number of thioether (sulfide) groups is 2. The van der Waals surface area contributed by atoms with Crippen molar-refractivity contribution in [2.45, 2.75) is 57.0 Å². The molecular formula is C15H23N3OS2. The first-order valence-electron chi connectivity index (χ1n) is 7.54. The molecule has 0 saturated carbocycles. The molecule has 4 nitrogen and oxygen atoms in total. The highest BCUT2D eigenvalue weighted by molar-refractivity contribution is 8.06. The molecule has 116 valence electrons. The van der Waals surface area contributed by atoms with Crippen molar-refractivity contribution in [3.63, 3.8) is 0 Å². The summed E-state index contributed by atoms with van der Waals surface area (Å²) in [5.74, 6) is 3.87. The Hall–Kier alpha value is -0.670. The molecule has 3 unspecified atom stereocenters. The SMILES string of the molecule is CCC1SCCSC1c1noc(CC(C)(CC)CC#N)n1. The van der Waals surface area contributed by atoms with Gasteiger partial charge in [-0.1, -0.05) is 25.9 Å². The molecule has 0 radical (unpaired) electrons. The van der Waals surface area contributed by atoms with Gasteiger partial charge in [-0.05, 0) is 18.3 Å². The lowest BCUT2D eigenvalue weighted by Crippen LogP contribution is -2.20. The molecule has 1 aromatic heterocycles. The summed E-state index contributed by atoms with van der Waals surface area (Å²) in [6.07, 6.45) is 3.27. The van der Waals surface area contributed by atoms with E-state index in [1.165, 1.54) is 5.75 Å². The zero-order valence-electron chi connectivity index (χ0n) is 13.0. The van der Waals surface area contributed by atoms with Crippen LogP contribution < -0.4 is 0 Å². The minimum absolute atomic E-state index is 0.0723. The van der Waals surface area contributed by atoms with Crippen molar-refractivity contribution in [3.05, 3.63) is 11.7 Å². The minimum atomic E-state index is -0.0723. The summed E-state index contributed by atoms with van der Waals surface area (Å²) in [6, 6.07) is 2.27. The monoisotopic (exact) mass is 325 g/mol. The second-order valence-corrected chi connectivity index (χ2v) is 8.43. The van der Waals surface area contributed by atoms with Crippen molar-refractivity contribution < 1.29 is 4.52 Å². The molecule has 1 aliphatic heterocycles. The molecule has 1 aromatic rings. The van der Waals surface area contributed by atoms with Crippen LogP contribution in [-0.4, -0.2) is 26.9 Å². The maximum Gasteiger partial charge on any atom is 0.227 e. The van der Waals surface area contributed by atoms with Gasteiger partial charge in [0.05, 0.1) is 11.3 Å². The molecule has 21 heavy (non-hydrogen) atoms. The third kappa shape index (κ3) is 4.17. The Balaban J connectivity index is 2.09. The molecule has 0 amide bonds. The van der Waals surface area contributed by atoms with Crippen LogP contribution in [0, 0.1) is 16.7 Å². The van der Waals surface area contributed by atoms with E-state index < -0.39 is 0 Å². The Morgan fingerprint density at radius 1 is 1.38 bits per heavy atom. The molecule has 0 aliphatic carbocycles. The lowest BCUT2D eigenvalue weighted by Gasteiger charge is -2.27. The first kappa shape index (κ1) is 16.7. The Kier molecular flexibility index (Phi) is 6.00. The molecule has 2 heterocycles. The summed E-state index contributed by atoms with van der Waals surface area (Å²) in [4.78, 5) is 4.63. The fourth-order valence-electron chi connectivity index (χ4n) is 2.47. The Morgan fingerprint density at radius 3 is 2.81 bits per heavy atom. The number of hydrogen-bond acceptors (Lipinski definition) is 6. The van der Waals surface area contributed by atoms with Gasteiger partial charge in [0.1, 0.15) is 0 Å². The second-order valence-electron chi connectivity index (χ2n) is 5.83. The van der Waals surface area contributed by atoms with Crippen LogP contribution in [0.2, 0.25) is 0 Å². The second kappa shape index (κ2) is 7.55. The third-order valence-electron chi connectivity index (χ3n) is 4.13. The van der Waals surface area contributed by atoms with Gasteiger partial charge in [-0.15, -0.1) is 11.8 Å². The number of rotatable bonds is 6. The minimum Gasteiger partial charge on any atom is -0.339 e. The molecular weight excluding hydrogens is 302 g/mol. The average Bonchev–Trinajstić information content (AvgIpc) is 2.95. The molecule has 1 fully saturated rings. The van der Waals surface area contributed by atoms with Crippen LogP contribution in [0.4, 0.5) is 0 Å². The van der Waals surface area contributed by atoms with Crippen molar-refractivity contribution >= 4 is 23.5 Å². The zero-order valence-corrected chi connectivity index (χ0v) is 14.6. The van der Waals surface area contributed by atoms with Gasteiger partial charge in [-0.3, -0.25) is 0 Å². The number of nitrogens with zero attached hydrogens (tertiary/aromatic N) is 3. The van der Waals surface area contributed by atoms with Crippen LogP contribution >= 0.6 is 23.5 Å². The zero-order chi connectivity index (χ0) is 15.3. The van der Waals surface area contributed by atoms with E-state index in [0.29, 0.717) is 29.2 Å². The number of nitriles is 1. The van der Waals surface area contributed by atoms with Gasteiger partial charge in [-0.25, -0.2) is 0 Å². The van der Waals surface area contributed by atoms with Gasteiger partial charge in [0.15, 0.2) is 5.82 Å². The van der Waals surface area contributed by atoms with Gasteiger partial charge >= 0.3 is 0 Å². The van der Waals surface area contributed by atoms with Gasteiger partial charge in [0.2, 0.25) is 5.89 Å². The predicted molar refractivity (Wildman–Crippen MR) is 88.4 cm³/mol. The van der Waals surface area contributed by atoms with Crippen LogP contribution in [0.3, 0.4) is 0 Å². The molecule has 1 aliphatic rings. The summed E-state index contributed by atoms with van der Waals surface area (Å²) >= 11 is 3.95. The normalized spacial score (nSPS) is 25.2. The summed E-state index contributed by atoms with van der Waals surface area (Å²) in [6.45, 7) is 6.44. The Labute approximate surface area is 135 Å². The lowest BCUT2D eigenvalue weighted by molar-refractivity contribution is 0.265. The molecule has 6 heteroatoms. The molecule has 0 N–H and O–H groups in total. The smallest absolute Gasteiger partial charge is 0.227 e. The van der Waals surface area contributed by atoms with E-state index in [0.717, 1.165) is 24.4 Å². The van der Waals surface area contributed by atoms with Crippen molar-refractivity contribution in [2.75, 3.05) is 11.5 Å². The third-order valence-corrected chi connectivity index (χ3v) is 7.37. The summed E-state index contributed by atoms with van der Waals surface area (Å²) < 4.78 is 5.46. The molecule has 0 bridgehead atoms. The molecule has 1 saturated heterocycles. The van der Waals surface area contributed by atoms with Crippen molar-refractivity contribution in [1.29, 1.82) is 5.26 Å². The largest absolute Gasteiger partial charge is 0.339 e. The van der Waals surface area contributed by atoms with E-state index in [9.17, 15) is 0 Å². The van der Waals surface area contributed by atoms with Crippen LogP contribution in [-0.2, 0) is 6.42 Å². The summed E-state index contributed by atoms with van der Waals surface area (Å²) in [7, 11) is 0. The number of hydrogen-bond donors (Lipinski definition) is 0. The van der Waals surface area contributed by atoms with Gasteiger partial charge in [0, 0.05) is 29.6 Å². The maximum atomic E-state index is 8.96. The van der Waals surface area contributed by atoms with E-state index in [-0.39, 0.29) is 5.41 Å². The van der Waals surface area contributed by atoms with Gasteiger partial charge in [0.25, 0.3) is 0 Å². The molecule has 3 atom stereocenters. The van der Waals surface area contributed by atoms with Crippen molar-refractivity contribution in [2.24, 2.45) is 5.41 Å². The average molecular weight is 326 g/mol. The first-order valence-corrected chi connectivity index (χ1v) is 9.64. The summed E-state index contributed by atoms with van der Waals surface area (Å²) in [5.41, 5.74) is -0.0723. The van der Waals surface area contributed by atoms with E-state index >= 15 is 0 Å². The Bertz CT molecular complexity index is 499. The van der Waals surface area contributed by atoms with E-state index in [4.69, 9.17) is 9.78 Å². The molecule has 0 spiro atoms. The lowest BCUT2D eigenvalue weighted by atomic mass is 9.81. The number of aromatic nitrogens is 2. The van der Waals surface area contributed by atoms with E-state index in [1.807, 2.05) is 23.5 Å². The van der Waals surface area contributed by atoms with Gasteiger partial charge in [-0.2, -0.15) is 22.0 Å². The maximum absolute atomic E-state index is 8.96. The van der Waals surface area contributed by atoms with E-state index in [1.54, 1.807) is 0 Å². The molecule has 0 aromatic carbocycles. The van der Waals surface area contributed by atoms with Crippen LogP contribution in [0.25, 0.3) is 0 Å². The standard InChI is InChI=1S/C15H23N3OS2/c1-4-11-13(21-9-8-20-11)14-17-12(19-18-14)10-15(3,5-2)6-7-16/h11,13H,4-6,8-10H2,1-3H3. The highest BCUT2D eigenvalue weighted by Gasteiger charge is 2.32. The van der Waals surface area contributed by atoms with Crippen molar-refractivity contribution in [1.82, 2.24) is 10.1 Å². The van der Waals surface area contributed by atoms with Crippen LogP contribution in [0.5, 0.6) is 0 Å². The topological polar surface area (TPSA) is 62.7 Å². The molecule has 2 rings (SSSR count). The highest BCUT2D eigenvalue weighted by Crippen LogP contribution is 2.43. The first-order chi connectivity index (χ1) is 10.1. The van der Waals surface area contributed by atoms with Crippen LogP contribution in [0.15, 0.2) is 4.52 Å². The quantitative estimate of drug-likeness (QED) is 0.779. The Morgan fingerprint density at radius 2 is 2.14 bits per heavy atom. The van der Waals surface area contributed by atoms with Crippen molar-refractivity contribution in [3.8, 4) is 6.07 Å². The fourth-order valence-corrected chi connectivity index (χ4v) is 5.45. The van der Waals surface area contributed by atoms with Gasteiger partial charge < -0.3 is 4.52 Å². The van der Waals surface area contributed by atoms with E-state index in [2.05, 4.69) is 37.0 Å². The predicted octanol–water partition coefficient (Wildman–Crippen LogP) is 4.24. The highest BCUT2D eigenvalue weighted by atomic mass is 32.2.